The van der Waals surface area contributed by atoms with E-state index in [2.05, 4.69) is 13.8 Å². The molecule has 0 radical (unpaired) electrons. The molecule has 0 aromatic heterocycles. The van der Waals surface area contributed by atoms with Crippen molar-refractivity contribution >= 4 is 0 Å². The highest BCUT2D eigenvalue weighted by molar-refractivity contribution is 4.91. The summed E-state index contributed by atoms with van der Waals surface area (Å²) < 4.78 is 16.5. The third-order valence-electron chi connectivity index (χ3n) is 4.02. The largest absolute Gasteiger partial charge is 0.379 e. The Morgan fingerprint density at radius 3 is 2.15 bits per heavy atom. The van der Waals surface area contributed by atoms with Crippen LogP contribution in [0.2, 0.25) is 0 Å². The zero-order chi connectivity index (χ0) is 14.7. The van der Waals surface area contributed by atoms with Gasteiger partial charge in [-0.1, -0.05) is 20.3 Å². The Morgan fingerprint density at radius 1 is 1.00 bits per heavy atom. The quantitative estimate of drug-likeness (QED) is 0.561. The van der Waals surface area contributed by atoms with Crippen LogP contribution < -0.4 is 5.73 Å². The minimum atomic E-state index is 0.0212. The molecule has 1 rings (SSSR count). The van der Waals surface area contributed by atoms with Crippen molar-refractivity contribution in [1.82, 2.24) is 0 Å². The lowest BCUT2D eigenvalue weighted by molar-refractivity contribution is 0.0111. The lowest BCUT2D eigenvalue weighted by atomic mass is 9.94. The first-order chi connectivity index (χ1) is 9.66. The Kier molecular flexibility index (Phi) is 9.44. The molecule has 0 amide bonds. The zero-order valence-electron chi connectivity index (χ0n) is 13.4. The van der Waals surface area contributed by atoms with Crippen LogP contribution in [-0.2, 0) is 14.2 Å². The number of hydrogen-bond donors (Lipinski definition) is 1. The van der Waals surface area contributed by atoms with E-state index in [1.807, 2.05) is 0 Å². The van der Waals surface area contributed by atoms with Crippen LogP contribution in [0.15, 0.2) is 0 Å². The maximum Gasteiger partial charge on any atom is 0.0701 e. The molecule has 1 fully saturated rings. The molecule has 2 N–H and O–H groups in total. The number of nitrogens with two attached hydrogens (primary N) is 1. The van der Waals surface area contributed by atoms with Crippen molar-refractivity contribution in [3.8, 4) is 0 Å². The van der Waals surface area contributed by atoms with Gasteiger partial charge in [0, 0.05) is 18.8 Å². The van der Waals surface area contributed by atoms with E-state index in [1.54, 1.807) is 0 Å². The summed E-state index contributed by atoms with van der Waals surface area (Å²) >= 11 is 0. The summed E-state index contributed by atoms with van der Waals surface area (Å²) in [5.74, 6) is 0.774. The molecule has 0 aromatic carbocycles. The summed E-state index contributed by atoms with van der Waals surface area (Å²) in [6.45, 7) is 8.68. The number of rotatable bonds is 12. The molecule has 1 aliphatic carbocycles. The first-order valence-corrected chi connectivity index (χ1v) is 8.18. The second-order valence-corrected chi connectivity index (χ2v) is 6.15. The van der Waals surface area contributed by atoms with Gasteiger partial charge < -0.3 is 19.9 Å². The minimum absolute atomic E-state index is 0.0212. The normalized spacial score (nSPS) is 26.2. The molecule has 0 spiro atoms. The van der Waals surface area contributed by atoms with Crippen molar-refractivity contribution in [2.45, 2.75) is 57.9 Å². The lowest BCUT2D eigenvalue weighted by Crippen LogP contribution is -2.38. The molecule has 1 aliphatic rings. The van der Waals surface area contributed by atoms with E-state index in [0.717, 1.165) is 44.8 Å². The molecular formula is C16H33NO3. The maximum atomic E-state index is 6.34. The predicted octanol–water partition coefficient (Wildman–Crippen LogP) is 2.74. The maximum absolute atomic E-state index is 6.34. The van der Waals surface area contributed by atoms with E-state index in [9.17, 15) is 0 Å². The van der Waals surface area contributed by atoms with Gasteiger partial charge in [0.25, 0.3) is 0 Å². The molecule has 2 atom stereocenters. The van der Waals surface area contributed by atoms with Gasteiger partial charge in [-0.15, -0.1) is 0 Å². The fraction of sp³-hybridized carbons (Fsp3) is 1.00. The Bertz CT molecular complexity index is 238. The number of ether oxygens (including phenoxy) is 3. The van der Waals surface area contributed by atoms with Crippen LogP contribution in [-0.4, -0.2) is 45.2 Å². The van der Waals surface area contributed by atoms with Crippen LogP contribution in [0.3, 0.4) is 0 Å². The summed E-state index contributed by atoms with van der Waals surface area (Å²) in [6, 6.07) is 0. The molecule has 2 unspecified atom stereocenters. The van der Waals surface area contributed by atoms with Crippen LogP contribution in [0.25, 0.3) is 0 Å². The topological polar surface area (TPSA) is 53.7 Å². The van der Waals surface area contributed by atoms with Gasteiger partial charge >= 0.3 is 0 Å². The average molecular weight is 287 g/mol. The minimum Gasteiger partial charge on any atom is -0.379 e. The van der Waals surface area contributed by atoms with Crippen LogP contribution in [0.5, 0.6) is 0 Å². The molecule has 4 heteroatoms. The van der Waals surface area contributed by atoms with Crippen molar-refractivity contribution in [3.05, 3.63) is 0 Å². The highest BCUT2D eigenvalue weighted by Gasteiger charge is 2.32. The summed E-state index contributed by atoms with van der Waals surface area (Å²) in [5, 5.41) is 0. The molecule has 20 heavy (non-hydrogen) atoms. The van der Waals surface area contributed by atoms with Gasteiger partial charge in [0.2, 0.25) is 0 Å². The second kappa shape index (κ2) is 10.6. The highest BCUT2D eigenvalue weighted by Crippen LogP contribution is 2.34. The molecule has 4 nitrogen and oxygen atoms in total. The van der Waals surface area contributed by atoms with E-state index >= 15 is 0 Å². The van der Waals surface area contributed by atoms with Crippen molar-refractivity contribution in [3.63, 3.8) is 0 Å². The monoisotopic (exact) mass is 287 g/mol. The van der Waals surface area contributed by atoms with Crippen molar-refractivity contribution < 1.29 is 14.2 Å². The van der Waals surface area contributed by atoms with Crippen molar-refractivity contribution in [2.24, 2.45) is 11.7 Å². The highest BCUT2D eigenvalue weighted by atomic mass is 16.5. The number of unbranched alkanes of at least 4 members (excludes halogenated alkanes) is 1. The molecule has 0 saturated heterocycles. The third-order valence-corrected chi connectivity index (χ3v) is 4.02. The van der Waals surface area contributed by atoms with E-state index < -0.39 is 0 Å². The van der Waals surface area contributed by atoms with Crippen LogP contribution in [0, 0.1) is 5.92 Å². The van der Waals surface area contributed by atoms with Crippen LogP contribution >= 0.6 is 0 Å². The fourth-order valence-electron chi connectivity index (χ4n) is 2.72. The average Bonchev–Trinajstić information content (AvgIpc) is 2.76. The summed E-state index contributed by atoms with van der Waals surface area (Å²) in [4.78, 5) is 0. The smallest absolute Gasteiger partial charge is 0.0701 e. The van der Waals surface area contributed by atoms with E-state index in [1.165, 1.54) is 12.8 Å². The Balaban J connectivity index is 1.81. The van der Waals surface area contributed by atoms with Crippen LogP contribution in [0.4, 0.5) is 0 Å². The van der Waals surface area contributed by atoms with Crippen molar-refractivity contribution in [2.75, 3.05) is 39.6 Å². The van der Waals surface area contributed by atoms with Crippen molar-refractivity contribution in [1.29, 1.82) is 0 Å². The second-order valence-electron chi connectivity index (χ2n) is 6.15. The van der Waals surface area contributed by atoms with E-state index in [4.69, 9.17) is 19.9 Å². The molecule has 0 aliphatic heterocycles. The Labute approximate surface area is 124 Å². The van der Waals surface area contributed by atoms with Gasteiger partial charge in [-0.25, -0.2) is 0 Å². The van der Waals surface area contributed by atoms with Gasteiger partial charge in [-0.05, 0) is 38.0 Å². The Morgan fingerprint density at radius 2 is 1.60 bits per heavy atom. The molecule has 1 saturated carbocycles. The van der Waals surface area contributed by atoms with Gasteiger partial charge in [0.15, 0.2) is 0 Å². The van der Waals surface area contributed by atoms with E-state index in [-0.39, 0.29) is 5.54 Å². The zero-order valence-corrected chi connectivity index (χ0v) is 13.4. The number of hydrogen-bond acceptors (Lipinski definition) is 4. The standard InChI is InChI=1S/C16H33NO3/c1-3-4-8-18-10-12-20-13-11-19-9-7-16(17)6-5-15(2)14-16/h15H,3-14,17H2,1-2H3. The summed E-state index contributed by atoms with van der Waals surface area (Å²) in [6.07, 6.45) is 6.82. The third kappa shape index (κ3) is 8.20. The molecule has 120 valence electrons. The molecule has 0 aromatic rings. The fourth-order valence-corrected chi connectivity index (χ4v) is 2.72. The molecule has 0 heterocycles. The Hall–Kier alpha value is -0.160. The SMILES string of the molecule is CCCCOCCOCCOCCC1(N)CCC(C)C1. The first kappa shape index (κ1) is 17.9. The van der Waals surface area contributed by atoms with Gasteiger partial charge in [-0.2, -0.15) is 0 Å². The first-order valence-electron chi connectivity index (χ1n) is 8.18. The summed E-state index contributed by atoms with van der Waals surface area (Å²) in [5.41, 5.74) is 6.36. The van der Waals surface area contributed by atoms with Gasteiger partial charge in [-0.3, -0.25) is 0 Å². The van der Waals surface area contributed by atoms with E-state index in [0.29, 0.717) is 26.4 Å². The lowest BCUT2D eigenvalue weighted by Gasteiger charge is -2.23. The van der Waals surface area contributed by atoms with Gasteiger partial charge in [0.05, 0.1) is 26.4 Å². The summed E-state index contributed by atoms with van der Waals surface area (Å²) in [7, 11) is 0. The van der Waals surface area contributed by atoms with Crippen LogP contribution in [0.1, 0.15) is 52.4 Å². The molecule has 0 bridgehead atoms. The predicted molar refractivity (Wildman–Crippen MR) is 81.9 cm³/mol. The van der Waals surface area contributed by atoms with Gasteiger partial charge in [0.1, 0.15) is 0 Å². The molecular weight excluding hydrogens is 254 g/mol.